The van der Waals surface area contributed by atoms with E-state index in [4.69, 9.17) is 45.0 Å². The summed E-state index contributed by atoms with van der Waals surface area (Å²) in [6.45, 7) is 23.6. The largest absolute Gasteiger partial charge is 0.480 e. The minimum absolute atomic E-state index is 0.0942. The molecule has 8 aromatic rings. The van der Waals surface area contributed by atoms with Gasteiger partial charge in [0.05, 0.1) is 39.0 Å². The quantitative estimate of drug-likeness (QED) is 0.00728. The number of hydrogen-bond donors (Lipinski definition) is 16. The fraction of sp³-hybridized carbons (Fsp3) is 0.500. The molecule has 0 aliphatic heterocycles. The van der Waals surface area contributed by atoms with Gasteiger partial charge in [-0.1, -0.05) is 164 Å². The van der Waals surface area contributed by atoms with Gasteiger partial charge in [0.15, 0.2) is 0 Å². The number of fused-ring (bicyclic) bond motifs is 2. The molecule has 9 atom stereocenters. The number of aryl methyl sites for hydroxylation is 4. The van der Waals surface area contributed by atoms with Crippen molar-refractivity contribution in [2.75, 3.05) is 53.1 Å². The predicted octanol–water partition coefficient (Wildman–Crippen LogP) is 13.2. The van der Waals surface area contributed by atoms with Gasteiger partial charge in [0, 0.05) is 73.1 Å². The van der Waals surface area contributed by atoms with Crippen molar-refractivity contribution in [3.05, 3.63) is 216 Å². The van der Waals surface area contributed by atoms with Crippen LogP contribution in [0.2, 0.25) is 0 Å². The predicted molar refractivity (Wildman–Crippen MR) is 552 cm³/mol. The Hall–Kier alpha value is -13.6. The summed E-state index contributed by atoms with van der Waals surface area (Å²) in [5.74, 6) is -7.88. The Balaban J connectivity index is 0.000000398. The molecular formula is C108H154N12O25. The standard InChI is InChI=1S/C35H48N4O7.C27H34N4O5.C23H36N2O6.C12H14O3.C11H22N2O4/c1-6-45-33(42)29(20-19-24-14-8-7-9-15-24)38-28(18-12-13-21-36-34(43)46-35(2,3)4)31(40)39-30(32(41)44-5)22-25-23-37-27-17-11-10-16-26(25)27;28-15-7-6-12-22(30-23(26(33)34)14-13-18-8-2-1-3-9-18)25(32)31-24(27(35)36)16-19-17-29-21-11-5-4-10-20(19)21;1-5-30-21(28)19(15-14-17-11-7-6-8-12-17)25-18(20(26)27)13-9-10-16-24-22(29)31-23(2,3)4;1-2-15-12(14)11(13)9-8-10-6-4-3-5-7-10;1-11(2,3)17-10(16)13-7-5-4-6-8(12)9(14)15/h7-11,14-17,23,28-30,37-38H,6,12-13,18-22H2,1-5H3,(H,36,43)(H,39,40);1-5,8-11,17,22-24,29-30H,6-7,12-16,28H2,(H,31,32)(H,33,34)(H,35,36);6-8,11-12,18-19,25H,5,9-10,13-16H2,1-4H3,(H,24,29)(H,26,27);3-7H,2,8-9H2,1H3;8H,4-7,12H2,1-3H3,(H,13,16)(H,14,15)/t28-,29?,30-;22-,23?,24-;18-,19?;;8-/m000.0/s1. The van der Waals surface area contributed by atoms with Gasteiger partial charge >= 0.3 is 66.0 Å². The average Bonchev–Trinajstić information content (AvgIpc) is 1.70. The highest BCUT2D eigenvalue weighted by atomic mass is 16.6. The van der Waals surface area contributed by atoms with Crippen molar-refractivity contribution in [1.29, 1.82) is 0 Å². The summed E-state index contributed by atoms with van der Waals surface area (Å²) in [6.07, 6.45) is 12.4. The Morgan fingerprint density at radius 1 is 0.352 bits per heavy atom. The van der Waals surface area contributed by atoms with Gasteiger partial charge in [-0.3, -0.25) is 54.3 Å². The number of benzene rings is 6. The van der Waals surface area contributed by atoms with Crippen LogP contribution in [0.3, 0.4) is 0 Å². The van der Waals surface area contributed by atoms with Gasteiger partial charge in [0.1, 0.15) is 59.1 Å². The van der Waals surface area contributed by atoms with Gasteiger partial charge in [0.25, 0.3) is 0 Å². The lowest BCUT2D eigenvalue weighted by Crippen LogP contribution is -2.55. The first-order valence-corrected chi connectivity index (χ1v) is 49.5. The van der Waals surface area contributed by atoms with Crippen LogP contribution in [0.4, 0.5) is 14.4 Å². The lowest BCUT2D eigenvalue weighted by molar-refractivity contribution is -0.153. The van der Waals surface area contributed by atoms with E-state index in [-0.39, 0.29) is 45.5 Å². The van der Waals surface area contributed by atoms with Crippen LogP contribution < -0.4 is 54.0 Å². The van der Waals surface area contributed by atoms with Crippen molar-refractivity contribution in [3.8, 4) is 0 Å². The van der Waals surface area contributed by atoms with E-state index >= 15 is 0 Å². The van der Waals surface area contributed by atoms with Crippen LogP contribution in [0.15, 0.2) is 182 Å². The first-order valence-electron chi connectivity index (χ1n) is 49.5. The lowest BCUT2D eigenvalue weighted by Gasteiger charge is -2.26. The van der Waals surface area contributed by atoms with Crippen molar-refractivity contribution in [1.82, 2.24) is 52.5 Å². The van der Waals surface area contributed by atoms with Crippen molar-refractivity contribution in [2.24, 2.45) is 11.5 Å². The van der Waals surface area contributed by atoms with Gasteiger partial charge in [-0.25, -0.2) is 28.8 Å². The number of nitrogens with one attached hydrogen (secondary N) is 10. The zero-order valence-electron chi connectivity index (χ0n) is 86.0. The molecule has 0 fully saturated rings. The fourth-order valence-corrected chi connectivity index (χ4v) is 14.7. The van der Waals surface area contributed by atoms with Crippen LogP contribution in [0.5, 0.6) is 0 Å². The third-order valence-corrected chi connectivity index (χ3v) is 21.9. The number of ketones is 1. The van der Waals surface area contributed by atoms with Crippen LogP contribution in [-0.2, 0) is 124 Å². The minimum atomic E-state index is -1.16. The number of ether oxygens (including phenoxy) is 7. The Morgan fingerprint density at radius 2 is 0.669 bits per heavy atom. The van der Waals surface area contributed by atoms with Crippen molar-refractivity contribution in [2.45, 2.75) is 296 Å². The molecule has 0 radical (unpaired) electrons. The average molecular weight is 2020 g/mol. The van der Waals surface area contributed by atoms with Crippen LogP contribution in [-0.4, -0.2) is 238 Å². The maximum Gasteiger partial charge on any atom is 0.407 e. The second-order valence-corrected chi connectivity index (χ2v) is 37.3. The topological polar surface area (TPSA) is 564 Å². The summed E-state index contributed by atoms with van der Waals surface area (Å²) in [5.41, 5.74) is 16.9. The molecule has 145 heavy (non-hydrogen) atoms. The molecule has 0 aliphatic carbocycles. The number of para-hydroxylation sites is 2. The van der Waals surface area contributed by atoms with E-state index in [2.05, 4.69) is 57.2 Å². The number of carboxylic acids is 4. The van der Waals surface area contributed by atoms with E-state index < -0.39 is 155 Å². The van der Waals surface area contributed by atoms with Gasteiger partial charge in [0.2, 0.25) is 17.6 Å². The normalized spacial score (nSPS) is 13.0. The molecule has 2 heterocycles. The maximum absolute atomic E-state index is 13.9. The summed E-state index contributed by atoms with van der Waals surface area (Å²) in [6, 6.07) is 45.9. The number of aliphatic carboxylic acids is 4. The number of amides is 5. The first kappa shape index (κ1) is 124. The van der Waals surface area contributed by atoms with Gasteiger partial charge in [-0.2, -0.15) is 0 Å². The number of methoxy groups -OCH3 is 1. The summed E-state index contributed by atoms with van der Waals surface area (Å²) >= 11 is 0. The fourth-order valence-electron chi connectivity index (χ4n) is 14.7. The number of H-pyrrole nitrogens is 2. The van der Waals surface area contributed by atoms with Gasteiger partial charge in [-0.05, 0) is 251 Å². The molecule has 6 aromatic carbocycles. The monoisotopic (exact) mass is 2020 g/mol. The van der Waals surface area contributed by atoms with Crippen LogP contribution in [0, 0.1) is 0 Å². The van der Waals surface area contributed by atoms with E-state index in [9.17, 15) is 82.4 Å². The van der Waals surface area contributed by atoms with E-state index in [1.807, 2.05) is 176 Å². The highest BCUT2D eigenvalue weighted by molar-refractivity contribution is 6.33. The molecule has 0 bridgehead atoms. The molecule has 37 nitrogen and oxygen atoms in total. The number of aromatic nitrogens is 2. The molecule has 796 valence electrons. The van der Waals surface area contributed by atoms with Crippen molar-refractivity contribution < 1.29 is 121 Å². The number of Topliss-reactive ketones (excluding diaryl/α,β-unsaturated/α-hetero) is 1. The SMILES string of the molecule is CC(C)(C)OC(=O)NCCCC[C@H](N)C(=O)O.CCOC(=O)C(=O)CCc1ccccc1.CCOC(=O)C(CCc1ccccc1)N[C@@H](CCCCNC(=O)OC(C)(C)C)C(=O)N[C@@H](Cc1c[nH]c2ccccc12)C(=O)OC.CCOC(=O)C(CCc1ccccc1)N[C@@H](CCCCNC(=O)OC(C)(C)C)C(=O)O.NCCCC[C@H](NC(CCc1ccccc1)C(=O)O)C(=O)N[C@@H](Cc1c[nH]c2ccccc12)C(=O)O. The first-order chi connectivity index (χ1) is 69.0. The van der Waals surface area contributed by atoms with Crippen molar-refractivity contribution >= 4 is 105 Å². The molecule has 18 N–H and O–H groups in total. The minimum Gasteiger partial charge on any atom is -0.480 e. The second-order valence-electron chi connectivity index (χ2n) is 37.3. The molecule has 0 saturated heterocycles. The number of unbranched alkanes of at least 4 members (excludes halogenated alkanes) is 4. The third kappa shape index (κ3) is 53.0. The highest BCUT2D eigenvalue weighted by Gasteiger charge is 2.35. The maximum atomic E-state index is 13.9. The van der Waals surface area contributed by atoms with Gasteiger partial charge < -0.3 is 102 Å². The zero-order valence-corrected chi connectivity index (χ0v) is 86.0. The third-order valence-electron chi connectivity index (χ3n) is 21.9. The molecule has 0 aliphatic rings. The van der Waals surface area contributed by atoms with E-state index in [1.54, 1.807) is 89.3 Å². The molecule has 8 rings (SSSR count). The Kier molecular flexibility index (Phi) is 57.9. The Bertz CT molecular complexity index is 5220. The zero-order chi connectivity index (χ0) is 107. The molecular weight excluding hydrogens is 1870 g/mol. The number of carbonyl (C=O) groups is 14. The number of aromatic amines is 2. The number of carbonyl (C=O) groups excluding carboxylic acids is 10. The highest BCUT2D eigenvalue weighted by Crippen LogP contribution is 2.24. The second kappa shape index (κ2) is 67.8. The van der Waals surface area contributed by atoms with Crippen LogP contribution in [0.1, 0.15) is 219 Å². The number of nitrogens with two attached hydrogens (primary N) is 2. The number of hydrogen-bond acceptors (Lipinski definition) is 26. The van der Waals surface area contributed by atoms with Crippen LogP contribution in [0.25, 0.3) is 21.8 Å². The van der Waals surface area contributed by atoms with Crippen molar-refractivity contribution in [3.63, 3.8) is 0 Å². The molecule has 2 aromatic heterocycles. The van der Waals surface area contributed by atoms with Crippen LogP contribution >= 0.6 is 0 Å². The summed E-state index contributed by atoms with van der Waals surface area (Å²) < 4.78 is 35.6. The lowest BCUT2D eigenvalue weighted by atomic mass is 10.0. The molecule has 3 unspecified atom stereocenters. The molecule has 0 spiro atoms. The Morgan fingerprint density at radius 3 is 1.03 bits per heavy atom. The molecule has 37 heteroatoms. The number of rotatable bonds is 56. The van der Waals surface area contributed by atoms with E-state index in [1.165, 1.54) is 7.11 Å². The van der Waals surface area contributed by atoms with E-state index in [0.29, 0.717) is 142 Å². The number of esters is 4. The smallest absolute Gasteiger partial charge is 0.407 e. The molecule has 5 amide bonds. The summed E-state index contributed by atoms with van der Waals surface area (Å²) in [5, 5.41) is 62.2. The molecule has 0 saturated carbocycles. The summed E-state index contributed by atoms with van der Waals surface area (Å²) in [7, 11) is 1.28. The number of alkyl carbamates (subject to hydrolysis) is 3. The van der Waals surface area contributed by atoms with E-state index in [0.717, 1.165) is 55.2 Å². The number of carboxylic acid groups (broad SMARTS) is 4. The van der Waals surface area contributed by atoms with Gasteiger partial charge in [-0.15, -0.1) is 0 Å². The summed E-state index contributed by atoms with van der Waals surface area (Å²) in [4.78, 5) is 175. The Labute approximate surface area is 850 Å².